The van der Waals surface area contributed by atoms with Crippen molar-refractivity contribution >= 4 is 67.4 Å². The summed E-state index contributed by atoms with van der Waals surface area (Å²) in [6.07, 6.45) is 9.02. The fraction of sp³-hybridized carbons (Fsp3) is 0.0500. The van der Waals surface area contributed by atoms with E-state index in [0.717, 1.165) is 0 Å². The Morgan fingerprint density at radius 1 is 0.300 bits per heavy atom. The molecule has 0 heteroatoms. The van der Waals surface area contributed by atoms with Gasteiger partial charge in [-0.05, 0) is 90.3 Å². The highest BCUT2D eigenvalue weighted by molar-refractivity contribution is 6.11. The van der Waals surface area contributed by atoms with Gasteiger partial charge in [-0.2, -0.15) is 0 Å². The lowest BCUT2D eigenvalue weighted by Gasteiger charge is -2.12. The van der Waals surface area contributed by atoms with Crippen LogP contribution < -0.4 is 0 Å². The minimum absolute atomic E-state index is 1.19. The van der Waals surface area contributed by atoms with E-state index < -0.39 is 0 Å². The van der Waals surface area contributed by atoms with Crippen LogP contribution in [0.5, 0.6) is 0 Å². The van der Waals surface area contributed by atoms with Crippen LogP contribution in [0.25, 0.3) is 67.4 Å². The quantitative estimate of drug-likeness (QED) is 0.163. The first-order chi connectivity index (χ1) is 19.7. The number of fused-ring (bicyclic) bond motifs is 4. The summed E-state index contributed by atoms with van der Waals surface area (Å²) < 4.78 is 0. The number of benzene rings is 7. The van der Waals surface area contributed by atoms with Crippen LogP contribution in [0.4, 0.5) is 0 Å². The van der Waals surface area contributed by atoms with E-state index in [4.69, 9.17) is 0 Å². The molecule has 7 aromatic rings. The molecule has 0 N–H and O–H groups in total. The molecule has 0 radical (unpaired) electrons. The lowest BCUT2D eigenvalue weighted by molar-refractivity contribution is 1.57. The predicted octanol–water partition coefficient (Wildman–Crippen LogP) is 11.3. The largest absolute Gasteiger partial charge is 0.0616 e. The molecular weight excluding hydrogens is 480 g/mol. The lowest BCUT2D eigenvalue weighted by Crippen LogP contribution is -1.88. The molecule has 7 rings (SSSR count). The molecule has 0 spiro atoms. The van der Waals surface area contributed by atoms with Gasteiger partial charge in [-0.3, -0.25) is 0 Å². The van der Waals surface area contributed by atoms with Gasteiger partial charge in [0, 0.05) is 0 Å². The Hall–Kier alpha value is -4.94. The van der Waals surface area contributed by atoms with Gasteiger partial charge in [-0.25, -0.2) is 0 Å². The average molecular weight is 511 g/mol. The third-order valence-electron chi connectivity index (χ3n) is 8.31. The van der Waals surface area contributed by atoms with Crippen molar-refractivity contribution in [1.82, 2.24) is 0 Å². The Morgan fingerprint density at radius 3 is 0.825 bits per heavy atom. The third kappa shape index (κ3) is 4.10. The summed E-state index contributed by atoms with van der Waals surface area (Å²) in [5.41, 5.74) is 7.62. The molecule has 0 unspecified atom stereocenters. The van der Waals surface area contributed by atoms with E-state index >= 15 is 0 Å². The smallest absolute Gasteiger partial charge is 0.00990 e. The van der Waals surface area contributed by atoms with E-state index in [1.165, 1.54) is 76.5 Å². The number of hydrogen-bond acceptors (Lipinski definition) is 0. The van der Waals surface area contributed by atoms with Gasteiger partial charge in [0.15, 0.2) is 0 Å². The highest BCUT2D eigenvalue weighted by Gasteiger charge is 2.10. The summed E-state index contributed by atoms with van der Waals surface area (Å²) in [5.74, 6) is 0. The maximum absolute atomic E-state index is 2.28. The zero-order valence-electron chi connectivity index (χ0n) is 22.9. The van der Waals surface area contributed by atoms with Gasteiger partial charge < -0.3 is 0 Å². The molecular formula is C40H30. The second-order valence-electron chi connectivity index (χ2n) is 10.6. The zero-order valence-corrected chi connectivity index (χ0v) is 22.9. The number of rotatable bonds is 4. The topological polar surface area (TPSA) is 0 Å². The van der Waals surface area contributed by atoms with Gasteiger partial charge in [0.2, 0.25) is 0 Å². The van der Waals surface area contributed by atoms with Crippen molar-refractivity contribution in [1.29, 1.82) is 0 Å². The molecule has 40 heavy (non-hydrogen) atoms. The monoisotopic (exact) mass is 510 g/mol. The van der Waals surface area contributed by atoms with E-state index in [9.17, 15) is 0 Å². The molecule has 0 aromatic heterocycles. The fourth-order valence-electron chi connectivity index (χ4n) is 6.20. The SMILES string of the molecule is Cc1c2ccccc2c(C=Cc2ccc(C=Cc3c4ccccc4c(C)c4ccccc34)cc2)c2ccccc12. The second kappa shape index (κ2) is 9.98. The summed E-state index contributed by atoms with van der Waals surface area (Å²) >= 11 is 0. The fourth-order valence-corrected chi connectivity index (χ4v) is 6.20. The van der Waals surface area contributed by atoms with Gasteiger partial charge >= 0.3 is 0 Å². The van der Waals surface area contributed by atoms with Crippen LogP contribution in [0, 0.1) is 13.8 Å². The highest BCUT2D eigenvalue weighted by Crippen LogP contribution is 2.35. The Balaban J connectivity index is 1.24. The number of hydrogen-bond donors (Lipinski definition) is 0. The number of aryl methyl sites for hydroxylation is 2. The first kappa shape index (κ1) is 24.1. The van der Waals surface area contributed by atoms with Gasteiger partial charge in [0.05, 0.1) is 0 Å². The van der Waals surface area contributed by atoms with Gasteiger partial charge in [-0.15, -0.1) is 0 Å². The molecule has 0 amide bonds. The summed E-state index contributed by atoms with van der Waals surface area (Å²) in [5, 5.41) is 10.5. The van der Waals surface area contributed by atoms with Crippen molar-refractivity contribution < 1.29 is 0 Å². The lowest BCUT2D eigenvalue weighted by atomic mass is 9.92. The van der Waals surface area contributed by atoms with Crippen LogP contribution in [0.2, 0.25) is 0 Å². The molecule has 190 valence electrons. The van der Waals surface area contributed by atoms with Crippen molar-refractivity contribution in [3.63, 3.8) is 0 Å². The molecule has 0 fully saturated rings. The summed E-state index contributed by atoms with van der Waals surface area (Å²) in [4.78, 5) is 0. The minimum Gasteiger partial charge on any atom is -0.0616 e. The first-order valence-corrected chi connectivity index (χ1v) is 14.0. The summed E-state index contributed by atoms with van der Waals surface area (Å²) in [6, 6.07) is 43.8. The first-order valence-electron chi connectivity index (χ1n) is 14.0. The maximum Gasteiger partial charge on any atom is -0.00990 e. The molecule has 0 heterocycles. The van der Waals surface area contributed by atoms with Crippen LogP contribution in [-0.4, -0.2) is 0 Å². The normalized spacial score (nSPS) is 12.1. The highest BCUT2D eigenvalue weighted by atomic mass is 14.1. The predicted molar refractivity (Wildman–Crippen MR) is 177 cm³/mol. The van der Waals surface area contributed by atoms with Crippen LogP contribution in [0.15, 0.2) is 121 Å². The summed E-state index contributed by atoms with van der Waals surface area (Å²) in [6.45, 7) is 4.46. The van der Waals surface area contributed by atoms with Crippen molar-refractivity contribution in [3.8, 4) is 0 Å². The van der Waals surface area contributed by atoms with E-state index in [-0.39, 0.29) is 0 Å². The van der Waals surface area contributed by atoms with E-state index in [2.05, 4.69) is 159 Å². The molecule has 0 aliphatic heterocycles. The molecule has 0 atom stereocenters. The molecule has 0 nitrogen and oxygen atoms in total. The van der Waals surface area contributed by atoms with Gasteiger partial charge in [-0.1, -0.05) is 146 Å². The molecule has 0 saturated carbocycles. The second-order valence-corrected chi connectivity index (χ2v) is 10.6. The third-order valence-corrected chi connectivity index (χ3v) is 8.31. The maximum atomic E-state index is 2.28. The standard InChI is InChI=1S/C40H30/c1-27-31-11-3-7-15-35(31)39(36-16-8-4-12-32(27)36)25-23-29-19-21-30(22-20-29)24-26-40-37-17-9-5-13-33(37)28(2)34-14-6-10-18-38(34)40/h3-26H,1-2H3. The molecule has 0 aliphatic carbocycles. The van der Waals surface area contributed by atoms with Crippen LogP contribution in [0.3, 0.4) is 0 Å². The van der Waals surface area contributed by atoms with Crippen molar-refractivity contribution in [2.75, 3.05) is 0 Å². The molecule has 7 aromatic carbocycles. The molecule has 0 bridgehead atoms. The Bertz CT molecular complexity index is 1840. The molecule has 0 aliphatic rings. The average Bonchev–Trinajstić information content (AvgIpc) is 3.02. The Kier molecular flexibility index (Phi) is 6.02. The molecule has 0 saturated heterocycles. The zero-order chi connectivity index (χ0) is 27.1. The van der Waals surface area contributed by atoms with Crippen molar-refractivity contribution in [3.05, 3.63) is 155 Å². The van der Waals surface area contributed by atoms with Crippen LogP contribution >= 0.6 is 0 Å². The van der Waals surface area contributed by atoms with Crippen molar-refractivity contribution in [2.24, 2.45) is 0 Å². The van der Waals surface area contributed by atoms with E-state index in [1.807, 2.05) is 0 Å². The van der Waals surface area contributed by atoms with Gasteiger partial charge in [0.25, 0.3) is 0 Å². The van der Waals surface area contributed by atoms with Crippen LogP contribution in [-0.2, 0) is 0 Å². The van der Waals surface area contributed by atoms with Crippen molar-refractivity contribution in [2.45, 2.75) is 13.8 Å². The van der Waals surface area contributed by atoms with Crippen LogP contribution in [0.1, 0.15) is 33.4 Å². The van der Waals surface area contributed by atoms with E-state index in [0.29, 0.717) is 0 Å². The minimum atomic E-state index is 1.19. The van der Waals surface area contributed by atoms with Gasteiger partial charge in [0.1, 0.15) is 0 Å². The Labute approximate surface area is 235 Å². The van der Waals surface area contributed by atoms with E-state index in [1.54, 1.807) is 0 Å². The summed E-state index contributed by atoms with van der Waals surface area (Å²) in [7, 11) is 0. The Morgan fingerprint density at radius 2 is 0.550 bits per heavy atom.